The summed E-state index contributed by atoms with van der Waals surface area (Å²) in [6.45, 7) is 1.89. The Morgan fingerprint density at radius 2 is 1.68 bits per heavy atom. The standard InChI is InChI=1S/C27H20Cl2N4O2S2/c1-16-7-5-6-10-23(16)32-24(34)19(14-30-21-13-18(28)11-12-20(21)29)25(35)33(27(32)36)26-31-22(15-37-26)17-8-3-2-4-9-17/h2-13,15,19,30H,14H2,1H3. The zero-order chi connectivity index (χ0) is 26.1. The predicted octanol–water partition coefficient (Wildman–Crippen LogP) is 6.82. The maximum absolute atomic E-state index is 13.8. The van der Waals surface area contributed by atoms with E-state index in [0.29, 0.717) is 26.6 Å². The fraction of sp³-hybridized carbons (Fsp3) is 0.111. The van der Waals surface area contributed by atoms with Crippen LogP contribution in [0.2, 0.25) is 10.0 Å². The Morgan fingerprint density at radius 3 is 2.43 bits per heavy atom. The van der Waals surface area contributed by atoms with Crippen molar-refractivity contribution in [2.24, 2.45) is 5.92 Å². The highest BCUT2D eigenvalue weighted by Gasteiger charge is 2.46. The topological polar surface area (TPSA) is 65.5 Å². The van der Waals surface area contributed by atoms with Crippen molar-refractivity contribution in [1.82, 2.24) is 4.98 Å². The van der Waals surface area contributed by atoms with Gasteiger partial charge in [-0.25, -0.2) is 9.88 Å². The van der Waals surface area contributed by atoms with E-state index in [4.69, 9.17) is 40.4 Å². The van der Waals surface area contributed by atoms with Gasteiger partial charge in [0.25, 0.3) is 0 Å². The molecule has 1 aromatic heterocycles. The van der Waals surface area contributed by atoms with E-state index in [1.54, 1.807) is 18.2 Å². The molecule has 0 bridgehead atoms. The Labute approximate surface area is 233 Å². The van der Waals surface area contributed by atoms with E-state index < -0.39 is 17.7 Å². The van der Waals surface area contributed by atoms with Gasteiger partial charge in [-0.2, -0.15) is 0 Å². The van der Waals surface area contributed by atoms with Gasteiger partial charge in [0.1, 0.15) is 5.92 Å². The van der Waals surface area contributed by atoms with Gasteiger partial charge in [-0.3, -0.25) is 14.5 Å². The monoisotopic (exact) mass is 566 g/mol. The molecule has 2 heterocycles. The van der Waals surface area contributed by atoms with Crippen LogP contribution in [-0.2, 0) is 9.59 Å². The first-order valence-electron chi connectivity index (χ1n) is 11.3. The van der Waals surface area contributed by atoms with Crippen molar-refractivity contribution in [2.45, 2.75) is 6.92 Å². The third-order valence-corrected chi connectivity index (χ3v) is 7.71. The number of aryl methyl sites for hydroxylation is 1. The molecule has 0 saturated carbocycles. The summed E-state index contributed by atoms with van der Waals surface area (Å²) in [7, 11) is 0. The number of aromatic nitrogens is 1. The minimum absolute atomic E-state index is 0.00383. The number of benzene rings is 3. The lowest BCUT2D eigenvalue weighted by Gasteiger charge is -2.38. The molecular weight excluding hydrogens is 547 g/mol. The number of hydrogen-bond donors (Lipinski definition) is 1. The van der Waals surface area contributed by atoms with Crippen LogP contribution in [0.4, 0.5) is 16.5 Å². The van der Waals surface area contributed by atoms with Gasteiger partial charge in [0, 0.05) is 22.5 Å². The second kappa shape index (κ2) is 10.6. The first-order valence-corrected chi connectivity index (χ1v) is 13.4. The Bertz CT molecular complexity index is 1510. The summed E-state index contributed by atoms with van der Waals surface area (Å²) in [6.07, 6.45) is 0. The Hall–Kier alpha value is -3.30. The molecule has 1 N–H and O–H groups in total. The molecule has 1 aliphatic rings. The lowest BCUT2D eigenvalue weighted by atomic mass is 10.0. The largest absolute Gasteiger partial charge is 0.382 e. The molecule has 6 nitrogen and oxygen atoms in total. The van der Waals surface area contributed by atoms with Crippen LogP contribution in [0.15, 0.2) is 78.2 Å². The van der Waals surface area contributed by atoms with Gasteiger partial charge in [-0.15, -0.1) is 11.3 Å². The van der Waals surface area contributed by atoms with Gasteiger partial charge in [0.05, 0.1) is 22.1 Å². The molecule has 0 radical (unpaired) electrons. The van der Waals surface area contributed by atoms with Crippen LogP contribution in [0.3, 0.4) is 0 Å². The Balaban J connectivity index is 1.53. The summed E-state index contributed by atoms with van der Waals surface area (Å²) in [5.41, 5.74) is 3.62. The average Bonchev–Trinajstić information content (AvgIpc) is 3.37. The molecule has 1 unspecified atom stereocenters. The Morgan fingerprint density at radius 1 is 0.973 bits per heavy atom. The molecule has 4 aromatic rings. The van der Waals surface area contributed by atoms with Crippen LogP contribution in [0.25, 0.3) is 11.3 Å². The van der Waals surface area contributed by atoms with E-state index in [1.165, 1.54) is 21.1 Å². The number of anilines is 3. The van der Waals surface area contributed by atoms with Gasteiger partial charge < -0.3 is 5.32 Å². The van der Waals surface area contributed by atoms with Crippen molar-refractivity contribution in [3.8, 4) is 11.3 Å². The summed E-state index contributed by atoms with van der Waals surface area (Å²) >= 11 is 19.4. The number of nitrogens with one attached hydrogen (secondary N) is 1. The average molecular weight is 568 g/mol. The maximum atomic E-state index is 13.8. The minimum atomic E-state index is -1.08. The number of nitrogens with zero attached hydrogens (tertiary/aromatic N) is 3. The normalized spacial score (nSPS) is 15.9. The van der Waals surface area contributed by atoms with E-state index in [2.05, 4.69) is 5.32 Å². The van der Waals surface area contributed by atoms with Crippen molar-refractivity contribution in [2.75, 3.05) is 21.7 Å². The summed E-state index contributed by atoms with van der Waals surface area (Å²) in [5, 5.41) is 6.35. The second-order valence-corrected chi connectivity index (χ2v) is 10.4. The zero-order valence-corrected chi connectivity index (χ0v) is 22.7. The van der Waals surface area contributed by atoms with Crippen LogP contribution in [0, 0.1) is 12.8 Å². The number of thiocarbonyl (C=S) groups is 1. The lowest BCUT2D eigenvalue weighted by molar-refractivity contribution is -0.131. The number of carbonyl (C=O) groups excluding carboxylic acids is 2. The molecule has 186 valence electrons. The van der Waals surface area contributed by atoms with E-state index in [1.807, 2.05) is 66.9 Å². The SMILES string of the molecule is Cc1ccccc1N1C(=O)C(CNc2cc(Cl)ccc2Cl)C(=O)N(c2nc(-c3ccccc3)cs2)C1=S. The molecule has 0 spiro atoms. The van der Waals surface area contributed by atoms with Gasteiger partial charge in [-0.05, 0) is 49.0 Å². The van der Waals surface area contributed by atoms with Crippen LogP contribution in [0.5, 0.6) is 0 Å². The summed E-state index contributed by atoms with van der Waals surface area (Å²) in [4.78, 5) is 35.0. The molecule has 1 atom stereocenters. The van der Waals surface area contributed by atoms with Crippen molar-refractivity contribution < 1.29 is 9.59 Å². The lowest BCUT2D eigenvalue weighted by Crippen LogP contribution is -2.61. The Kier molecular flexibility index (Phi) is 7.26. The fourth-order valence-corrected chi connectivity index (χ4v) is 5.66. The number of halogens is 2. The van der Waals surface area contributed by atoms with Crippen molar-refractivity contribution in [3.63, 3.8) is 0 Å². The third kappa shape index (κ3) is 4.98. The molecule has 1 fully saturated rings. The van der Waals surface area contributed by atoms with Crippen LogP contribution in [0.1, 0.15) is 5.56 Å². The van der Waals surface area contributed by atoms with Crippen molar-refractivity contribution >= 4 is 80.2 Å². The van der Waals surface area contributed by atoms with Crippen molar-refractivity contribution in [1.29, 1.82) is 0 Å². The maximum Gasteiger partial charge on any atom is 0.249 e. The molecule has 0 aliphatic carbocycles. The molecule has 10 heteroatoms. The highest BCUT2D eigenvalue weighted by molar-refractivity contribution is 7.81. The number of carbonyl (C=O) groups is 2. The molecule has 3 aromatic carbocycles. The molecule has 1 saturated heterocycles. The van der Waals surface area contributed by atoms with Crippen LogP contribution < -0.4 is 15.1 Å². The van der Waals surface area contributed by atoms with E-state index in [0.717, 1.165) is 16.8 Å². The quantitative estimate of drug-likeness (QED) is 0.205. The van der Waals surface area contributed by atoms with Crippen LogP contribution >= 0.6 is 46.8 Å². The number of amides is 2. The van der Waals surface area contributed by atoms with E-state index in [-0.39, 0.29) is 11.7 Å². The highest BCUT2D eigenvalue weighted by Crippen LogP contribution is 2.35. The highest BCUT2D eigenvalue weighted by atomic mass is 35.5. The third-order valence-electron chi connectivity index (χ3n) is 5.95. The molecule has 2 amide bonds. The molecule has 37 heavy (non-hydrogen) atoms. The summed E-state index contributed by atoms with van der Waals surface area (Å²) < 4.78 is 0. The molecular formula is C27H20Cl2N4O2S2. The van der Waals surface area contributed by atoms with Gasteiger partial charge in [0.2, 0.25) is 11.8 Å². The molecule has 5 rings (SSSR count). The van der Waals surface area contributed by atoms with Crippen LogP contribution in [-0.4, -0.2) is 28.5 Å². The number of rotatable bonds is 6. The number of para-hydroxylation sites is 1. The second-order valence-electron chi connectivity index (χ2n) is 8.36. The first kappa shape index (κ1) is 25.4. The first-order chi connectivity index (χ1) is 17.8. The molecule has 1 aliphatic heterocycles. The van der Waals surface area contributed by atoms with Gasteiger partial charge in [-0.1, -0.05) is 71.7 Å². The van der Waals surface area contributed by atoms with Crippen molar-refractivity contribution in [3.05, 3.63) is 93.8 Å². The van der Waals surface area contributed by atoms with E-state index in [9.17, 15) is 9.59 Å². The minimum Gasteiger partial charge on any atom is -0.382 e. The smallest absolute Gasteiger partial charge is 0.249 e. The van der Waals surface area contributed by atoms with Gasteiger partial charge in [0.15, 0.2) is 10.2 Å². The zero-order valence-electron chi connectivity index (χ0n) is 19.5. The van der Waals surface area contributed by atoms with E-state index >= 15 is 0 Å². The number of hydrogen-bond acceptors (Lipinski definition) is 6. The fourth-order valence-electron chi connectivity index (χ4n) is 4.05. The summed E-state index contributed by atoms with van der Waals surface area (Å²) in [5.74, 6) is -1.96. The summed E-state index contributed by atoms with van der Waals surface area (Å²) in [6, 6.07) is 22.0. The van der Waals surface area contributed by atoms with Gasteiger partial charge >= 0.3 is 0 Å². The predicted molar refractivity (Wildman–Crippen MR) is 155 cm³/mol. The number of thiazole rings is 1.